The van der Waals surface area contributed by atoms with Crippen LogP contribution in [0.5, 0.6) is 0 Å². The summed E-state index contributed by atoms with van der Waals surface area (Å²) in [5, 5.41) is 12.3. The number of hydrogen-bond acceptors (Lipinski definition) is 11. The van der Waals surface area contributed by atoms with Gasteiger partial charge in [-0.3, -0.25) is 9.67 Å². The molecule has 0 amide bonds. The number of aryl methyl sites for hydroxylation is 4. The molecule has 51 heavy (non-hydrogen) atoms. The second-order valence-corrected chi connectivity index (χ2v) is 16.4. The van der Waals surface area contributed by atoms with Crippen molar-refractivity contribution in [1.82, 2.24) is 19.9 Å². The van der Waals surface area contributed by atoms with Gasteiger partial charge in [-0.05, 0) is 81.3 Å². The van der Waals surface area contributed by atoms with Crippen LogP contribution in [-0.2, 0) is 43.8 Å². The van der Waals surface area contributed by atoms with Crippen LogP contribution in [0.3, 0.4) is 0 Å². The maximum Gasteiger partial charge on any atom is 0.277 e. The van der Waals surface area contributed by atoms with Gasteiger partial charge >= 0.3 is 0 Å². The van der Waals surface area contributed by atoms with E-state index < -0.39 is 10.0 Å². The molecule has 270 valence electrons. The summed E-state index contributed by atoms with van der Waals surface area (Å²) in [6.45, 7) is 13.2. The number of ether oxygens (including phenoxy) is 3. The number of aromatic nitrogens is 4. The average Bonchev–Trinajstić information content (AvgIpc) is 3.92. The lowest BCUT2D eigenvalue weighted by Gasteiger charge is -2.23. The van der Waals surface area contributed by atoms with Crippen LogP contribution >= 0.6 is 22.7 Å². The van der Waals surface area contributed by atoms with Crippen LogP contribution in [0.25, 0.3) is 32.6 Å². The van der Waals surface area contributed by atoms with Crippen LogP contribution < -0.4 is 4.31 Å². The molecule has 0 atom stereocenters. The highest BCUT2D eigenvalue weighted by Gasteiger charge is 2.34. The van der Waals surface area contributed by atoms with Crippen molar-refractivity contribution in [2.75, 3.05) is 38.0 Å². The quantitative estimate of drug-likeness (QED) is 0.0714. The van der Waals surface area contributed by atoms with Gasteiger partial charge in [0.2, 0.25) is 0 Å². The maximum atomic E-state index is 14.6. The summed E-state index contributed by atoms with van der Waals surface area (Å²) >= 11 is 2.87. The molecule has 11 nitrogen and oxygen atoms in total. The second kappa shape index (κ2) is 15.8. The zero-order chi connectivity index (χ0) is 36.3. The predicted octanol–water partition coefficient (Wildman–Crippen LogP) is 8.07. The highest BCUT2D eigenvalue weighted by atomic mass is 32.2. The van der Waals surface area contributed by atoms with E-state index in [-0.39, 0.29) is 23.4 Å². The van der Waals surface area contributed by atoms with Gasteiger partial charge in [0.15, 0.2) is 5.82 Å². The molecule has 0 fully saturated rings. The molecule has 0 spiro atoms. The first-order chi connectivity index (χ1) is 24.6. The minimum Gasteiger partial charge on any atom is -0.382 e. The highest BCUT2D eigenvalue weighted by Crippen LogP contribution is 2.41. The number of fused-ring (bicyclic) bond motifs is 1. The second-order valence-electron chi connectivity index (χ2n) is 12.2. The van der Waals surface area contributed by atoms with Crippen LogP contribution in [0.2, 0.25) is 0 Å². The molecule has 0 aliphatic carbocycles. The minimum absolute atomic E-state index is 0.189. The van der Waals surface area contributed by atoms with E-state index in [4.69, 9.17) is 28.8 Å². The number of thiophene rings is 2. The van der Waals surface area contributed by atoms with E-state index in [1.807, 2.05) is 49.7 Å². The normalized spacial score (nSPS) is 12.0. The van der Waals surface area contributed by atoms with Crippen molar-refractivity contribution >= 4 is 49.4 Å². The van der Waals surface area contributed by atoms with Crippen LogP contribution in [0.4, 0.5) is 5.82 Å². The molecule has 6 aromatic rings. The number of rotatable bonds is 16. The Kier molecular flexibility index (Phi) is 11.4. The van der Waals surface area contributed by atoms with E-state index in [9.17, 15) is 8.42 Å². The van der Waals surface area contributed by atoms with Crippen molar-refractivity contribution in [3.63, 3.8) is 0 Å². The molecule has 1 aromatic carbocycles. The smallest absolute Gasteiger partial charge is 0.277 e. The third kappa shape index (κ3) is 7.52. The van der Waals surface area contributed by atoms with Gasteiger partial charge in [-0.1, -0.05) is 36.3 Å². The Balaban J connectivity index is 1.42. The maximum absolute atomic E-state index is 14.6. The Morgan fingerprint density at radius 3 is 2.51 bits per heavy atom. The summed E-state index contributed by atoms with van der Waals surface area (Å²) in [7, 11) is -2.59. The Hall–Kier alpha value is -3.92. The summed E-state index contributed by atoms with van der Waals surface area (Å²) in [5.74, 6) is 0.723. The summed E-state index contributed by atoms with van der Waals surface area (Å²) in [6.07, 6.45) is 0.821. The molecular weight excluding hydrogens is 707 g/mol. The summed E-state index contributed by atoms with van der Waals surface area (Å²) in [5.41, 5.74) is 7.82. The molecule has 0 aliphatic rings. The van der Waals surface area contributed by atoms with Crippen LogP contribution in [0.15, 0.2) is 56.6 Å². The van der Waals surface area contributed by atoms with E-state index in [2.05, 4.69) is 35.7 Å². The minimum atomic E-state index is -4.15. The Morgan fingerprint density at radius 1 is 1.00 bits per heavy atom. The zero-order valence-electron chi connectivity index (χ0n) is 30.0. The molecule has 0 saturated carbocycles. The first-order valence-corrected chi connectivity index (χ1v) is 19.9. The third-order valence-electron chi connectivity index (χ3n) is 8.69. The topological polar surface area (TPSA) is 122 Å². The Morgan fingerprint density at radius 2 is 1.82 bits per heavy atom. The first kappa shape index (κ1) is 36.9. The van der Waals surface area contributed by atoms with Crippen molar-refractivity contribution < 1.29 is 27.2 Å². The molecule has 0 saturated heterocycles. The monoisotopic (exact) mass is 749 g/mol. The number of methoxy groups -OCH3 is 1. The van der Waals surface area contributed by atoms with E-state index >= 15 is 0 Å². The molecule has 0 radical (unpaired) electrons. The fourth-order valence-electron chi connectivity index (χ4n) is 5.98. The van der Waals surface area contributed by atoms with Crippen LogP contribution in [-0.4, -0.2) is 62.0 Å². The standard InChI is InChI=1S/C37H43N5O6S3/c1-8-29-19-32-34(25(5)38-29)35(33-11-10-16-49-33)39-41(32)20-27-12-13-30(28(18-27)21-46-9-2)31-17-23(3)50-37(31)51(43,44)42(22-47-15-14-45-7)36-24(4)26(6)48-40-36/h10-13,16-19H,8-9,14-15,20-22H2,1-7H3. The van der Waals surface area contributed by atoms with Gasteiger partial charge in [-0.15, -0.1) is 22.7 Å². The molecule has 0 aliphatic heterocycles. The summed E-state index contributed by atoms with van der Waals surface area (Å²) in [6, 6.07) is 14.3. The number of sulfonamides is 1. The van der Waals surface area contributed by atoms with Crippen molar-refractivity contribution in [3.05, 3.63) is 86.6 Å². The molecule has 6 rings (SSSR count). The molecule has 0 N–H and O–H groups in total. The highest BCUT2D eigenvalue weighted by molar-refractivity contribution is 7.95. The number of pyridine rings is 1. The first-order valence-electron chi connectivity index (χ1n) is 16.8. The van der Waals surface area contributed by atoms with E-state index in [1.54, 1.807) is 32.3 Å². The zero-order valence-corrected chi connectivity index (χ0v) is 32.4. The number of benzene rings is 1. The summed E-state index contributed by atoms with van der Waals surface area (Å²) in [4.78, 5) is 6.80. The average molecular weight is 750 g/mol. The van der Waals surface area contributed by atoms with E-state index in [1.165, 1.54) is 15.6 Å². The summed E-state index contributed by atoms with van der Waals surface area (Å²) < 4.78 is 54.8. The molecule has 5 heterocycles. The van der Waals surface area contributed by atoms with Crippen LogP contribution in [0, 0.1) is 27.7 Å². The predicted molar refractivity (Wildman–Crippen MR) is 202 cm³/mol. The fraction of sp³-hybridized carbons (Fsp3) is 0.378. The lowest BCUT2D eigenvalue weighted by molar-refractivity contribution is 0.0753. The van der Waals surface area contributed by atoms with Crippen molar-refractivity contribution in [2.45, 2.75) is 65.3 Å². The Labute approximate surface area is 306 Å². The van der Waals surface area contributed by atoms with Gasteiger partial charge in [0.05, 0.1) is 42.1 Å². The Bertz CT molecular complexity index is 2240. The van der Waals surface area contributed by atoms with Gasteiger partial charge in [-0.2, -0.15) is 5.10 Å². The number of nitrogens with zero attached hydrogens (tertiary/aromatic N) is 5. The molecule has 5 aromatic heterocycles. The molecule has 0 bridgehead atoms. The van der Waals surface area contributed by atoms with E-state index in [0.717, 1.165) is 60.9 Å². The lowest BCUT2D eigenvalue weighted by atomic mass is 9.99. The van der Waals surface area contributed by atoms with E-state index in [0.29, 0.717) is 43.3 Å². The van der Waals surface area contributed by atoms with Crippen molar-refractivity contribution in [1.29, 1.82) is 0 Å². The van der Waals surface area contributed by atoms with Crippen molar-refractivity contribution in [2.24, 2.45) is 0 Å². The van der Waals surface area contributed by atoms with Gasteiger partial charge in [0, 0.05) is 41.1 Å². The van der Waals surface area contributed by atoms with Gasteiger partial charge < -0.3 is 18.7 Å². The van der Waals surface area contributed by atoms with Gasteiger partial charge in [0.1, 0.15) is 22.4 Å². The van der Waals surface area contributed by atoms with Gasteiger partial charge in [-0.25, -0.2) is 12.7 Å². The largest absolute Gasteiger partial charge is 0.382 e. The molecular formula is C37H43N5O6S3. The number of anilines is 1. The van der Waals surface area contributed by atoms with Crippen LogP contribution in [0.1, 0.15) is 52.6 Å². The molecule has 14 heteroatoms. The SMILES string of the molecule is CCOCc1cc(Cn2nc(-c3cccs3)c3c(C)nc(CC)cc32)ccc1-c1cc(C)sc1S(=O)(=O)N(COCCOC)c1noc(C)c1C. The lowest BCUT2D eigenvalue weighted by Crippen LogP contribution is -2.34. The third-order valence-corrected chi connectivity index (χ3v) is 12.8. The molecule has 0 unspecified atom stereocenters. The fourth-order valence-corrected chi connectivity index (χ4v) is 9.79. The number of hydrogen-bond donors (Lipinski definition) is 0. The van der Waals surface area contributed by atoms with Gasteiger partial charge in [0.25, 0.3) is 10.0 Å². The van der Waals surface area contributed by atoms with Crippen molar-refractivity contribution in [3.8, 4) is 21.7 Å².